The van der Waals surface area contributed by atoms with Crippen molar-refractivity contribution >= 4 is 0 Å². The fourth-order valence-corrected chi connectivity index (χ4v) is 1.13. The molecule has 1 aliphatic carbocycles. The number of hydrogen-bond donors (Lipinski definition) is 1. The van der Waals surface area contributed by atoms with Gasteiger partial charge in [-0.25, -0.2) is 0 Å². The van der Waals surface area contributed by atoms with E-state index < -0.39 is 0 Å². The fourth-order valence-electron chi connectivity index (χ4n) is 1.13. The van der Waals surface area contributed by atoms with E-state index in [-0.39, 0.29) is 0 Å². The second-order valence-electron chi connectivity index (χ2n) is 3.13. The molecule has 0 amide bonds. The Bertz CT molecular complexity index is 91.3. The van der Waals surface area contributed by atoms with Gasteiger partial charge in [-0.1, -0.05) is 12.8 Å². The van der Waals surface area contributed by atoms with Crippen LogP contribution in [0.5, 0.6) is 0 Å². The van der Waals surface area contributed by atoms with Crippen LogP contribution < -0.4 is 5.48 Å². The molecule has 0 radical (unpaired) electrons. The minimum atomic E-state index is 0.535. The molecule has 0 spiro atoms. The highest BCUT2D eigenvalue weighted by molar-refractivity contribution is 4.76. The Kier molecular flexibility index (Phi) is 3.16. The van der Waals surface area contributed by atoms with Gasteiger partial charge in [-0.3, -0.25) is 0 Å². The second kappa shape index (κ2) is 3.94. The standard InChI is InChI=1S/C8H17NO/c1-3-10-9-7(2)6-8-4-5-8/h7-9H,3-6H2,1-2H3. The molecule has 10 heavy (non-hydrogen) atoms. The van der Waals surface area contributed by atoms with Crippen LogP contribution in [0.4, 0.5) is 0 Å². The lowest BCUT2D eigenvalue weighted by atomic mass is 10.2. The Labute approximate surface area is 62.9 Å². The van der Waals surface area contributed by atoms with E-state index in [1.807, 2.05) is 6.92 Å². The normalized spacial score (nSPS) is 21.0. The van der Waals surface area contributed by atoms with Crippen LogP contribution in [-0.4, -0.2) is 12.6 Å². The van der Waals surface area contributed by atoms with Gasteiger partial charge in [-0.2, -0.15) is 5.48 Å². The van der Waals surface area contributed by atoms with Gasteiger partial charge in [0.25, 0.3) is 0 Å². The van der Waals surface area contributed by atoms with E-state index in [9.17, 15) is 0 Å². The molecule has 0 bridgehead atoms. The summed E-state index contributed by atoms with van der Waals surface area (Å²) in [4.78, 5) is 5.07. The van der Waals surface area contributed by atoms with Gasteiger partial charge in [0.1, 0.15) is 0 Å². The van der Waals surface area contributed by atoms with Crippen molar-refractivity contribution < 1.29 is 4.84 Å². The molecule has 1 aliphatic rings. The lowest BCUT2D eigenvalue weighted by Gasteiger charge is -2.11. The molecule has 0 aromatic heterocycles. The monoisotopic (exact) mass is 143 g/mol. The van der Waals surface area contributed by atoms with Crippen molar-refractivity contribution in [2.75, 3.05) is 6.61 Å². The summed E-state index contributed by atoms with van der Waals surface area (Å²) in [5.74, 6) is 0.989. The first-order valence-electron chi connectivity index (χ1n) is 4.20. The van der Waals surface area contributed by atoms with Crippen molar-refractivity contribution in [2.45, 2.75) is 39.2 Å². The van der Waals surface area contributed by atoms with Crippen molar-refractivity contribution in [3.63, 3.8) is 0 Å². The zero-order valence-electron chi connectivity index (χ0n) is 6.89. The average molecular weight is 143 g/mol. The molecule has 1 unspecified atom stereocenters. The summed E-state index contributed by atoms with van der Waals surface area (Å²) in [6.45, 7) is 4.93. The quantitative estimate of drug-likeness (QED) is 0.592. The average Bonchev–Trinajstić information content (AvgIpc) is 2.67. The summed E-state index contributed by atoms with van der Waals surface area (Å²) in [6, 6.07) is 0.535. The van der Waals surface area contributed by atoms with Gasteiger partial charge in [0, 0.05) is 6.04 Å². The molecule has 1 fully saturated rings. The molecule has 60 valence electrons. The van der Waals surface area contributed by atoms with Gasteiger partial charge in [0.2, 0.25) is 0 Å². The topological polar surface area (TPSA) is 21.3 Å². The minimum Gasteiger partial charge on any atom is -0.302 e. The first-order chi connectivity index (χ1) is 4.83. The molecule has 0 aromatic rings. The second-order valence-corrected chi connectivity index (χ2v) is 3.13. The molecule has 1 rings (SSSR count). The van der Waals surface area contributed by atoms with E-state index >= 15 is 0 Å². The third-order valence-corrected chi connectivity index (χ3v) is 1.81. The van der Waals surface area contributed by atoms with Crippen LogP contribution in [0.15, 0.2) is 0 Å². The predicted molar refractivity (Wildman–Crippen MR) is 41.6 cm³/mol. The zero-order chi connectivity index (χ0) is 7.40. The van der Waals surface area contributed by atoms with E-state index in [1.54, 1.807) is 0 Å². The van der Waals surface area contributed by atoms with Crippen molar-refractivity contribution in [3.05, 3.63) is 0 Å². The van der Waals surface area contributed by atoms with Gasteiger partial charge in [0.05, 0.1) is 6.61 Å². The highest BCUT2D eigenvalue weighted by Gasteiger charge is 2.23. The van der Waals surface area contributed by atoms with E-state index in [2.05, 4.69) is 12.4 Å². The molecule has 0 aromatic carbocycles. The first-order valence-corrected chi connectivity index (χ1v) is 4.20. The first kappa shape index (κ1) is 8.02. The Hall–Kier alpha value is -0.0800. The lowest BCUT2D eigenvalue weighted by molar-refractivity contribution is 0.0257. The van der Waals surface area contributed by atoms with Gasteiger partial charge in [-0.15, -0.1) is 0 Å². The maximum absolute atomic E-state index is 5.07. The largest absolute Gasteiger partial charge is 0.302 e. The van der Waals surface area contributed by atoms with Gasteiger partial charge in [0.15, 0.2) is 0 Å². The van der Waals surface area contributed by atoms with Crippen LogP contribution in [0.1, 0.15) is 33.1 Å². The molecule has 0 saturated heterocycles. The summed E-state index contributed by atoms with van der Waals surface area (Å²) < 4.78 is 0. The SMILES string of the molecule is CCONC(C)CC1CC1. The van der Waals surface area contributed by atoms with Crippen LogP contribution >= 0.6 is 0 Å². The maximum atomic E-state index is 5.07. The third kappa shape index (κ3) is 3.18. The zero-order valence-corrected chi connectivity index (χ0v) is 6.89. The molecule has 0 heterocycles. The van der Waals surface area contributed by atoms with Gasteiger partial charge < -0.3 is 4.84 Å². The Morgan fingerprint density at radius 3 is 2.80 bits per heavy atom. The van der Waals surface area contributed by atoms with Crippen LogP contribution in [0.2, 0.25) is 0 Å². The maximum Gasteiger partial charge on any atom is 0.0654 e. The molecule has 2 heteroatoms. The van der Waals surface area contributed by atoms with Gasteiger partial charge in [-0.05, 0) is 26.2 Å². The summed E-state index contributed by atoms with van der Waals surface area (Å²) in [5, 5.41) is 0. The summed E-state index contributed by atoms with van der Waals surface area (Å²) in [6.07, 6.45) is 4.14. The lowest BCUT2D eigenvalue weighted by Crippen LogP contribution is -2.26. The summed E-state index contributed by atoms with van der Waals surface area (Å²) in [7, 11) is 0. The third-order valence-electron chi connectivity index (χ3n) is 1.81. The van der Waals surface area contributed by atoms with E-state index in [4.69, 9.17) is 4.84 Å². The Balaban J connectivity index is 1.91. The molecule has 1 N–H and O–H groups in total. The molecule has 1 saturated carbocycles. The molecule has 0 aliphatic heterocycles. The summed E-state index contributed by atoms with van der Waals surface area (Å²) >= 11 is 0. The minimum absolute atomic E-state index is 0.535. The summed E-state index contributed by atoms with van der Waals surface area (Å²) in [5.41, 5.74) is 3.00. The van der Waals surface area contributed by atoms with Crippen LogP contribution in [0.25, 0.3) is 0 Å². The molecule has 2 nitrogen and oxygen atoms in total. The van der Waals surface area contributed by atoms with Crippen LogP contribution in [0.3, 0.4) is 0 Å². The van der Waals surface area contributed by atoms with E-state index in [0.29, 0.717) is 6.04 Å². The smallest absolute Gasteiger partial charge is 0.0654 e. The predicted octanol–water partition coefficient (Wildman–Crippen LogP) is 1.72. The number of hydroxylamine groups is 1. The van der Waals surface area contributed by atoms with Crippen molar-refractivity contribution in [2.24, 2.45) is 5.92 Å². The number of nitrogens with one attached hydrogen (secondary N) is 1. The number of hydrogen-bond acceptors (Lipinski definition) is 2. The van der Waals surface area contributed by atoms with Crippen molar-refractivity contribution in [1.82, 2.24) is 5.48 Å². The van der Waals surface area contributed by atoms with Crippen LogP contribution in [-0.2, 0) is 4.84 Å². The molecule has 1 atom stereocenters. The van der Waals surface area contributed by atoms with Crippen LogP contribution in [0, 0.1) is 5.92 Å². The van der Waals surface area contributed by atoms with Crippen molar-refractivity contribution in [1.29, 1.82) is 0 Å². The highest BCUT2D eigenvalue weighted by atomic mass is 16.6. The Morgan fingerprint density at radius 2 is 2.30 bits per heavy atom. The Morgan fingerprint density at radius 1 is 1.60 bits per heavy atom. The fraction of sp³-hybridized carbons (Fsp3) is 1.00. The highest BCUT2D eigenvalue weighted by Crippen LogP contribution is 2.33. The number of rotatable bonds is 5. The molecular formula is C8H17NO. The van der Waals surface area contributed by atoms with Crippen molar-refractivity contribution in [3.8, 4) is 0 Å². The van der Waals surface area contributed by atoms with E-state index in [0.717, 1.165) is 12.5 Å². The molecular weight excluding hydrogens is 126 g/mol. The van der Waals surface area contributed by atoms with Gasteiger partial charge >= 0.3 is 0 Å². The van der Waals surface area contributed by atoms with E-state index in [1.165, 1.54) is 19.3 Å².